The van der Waals surface area contributed by atoms with Crippen molar-refractivity contribution in [3.05, 3.63) is 59.4 Å². The molecule has 1 amide bonds. The number of carbonyl (C=O) groups excluding carboxylic acids is 1. The second-order valence-corrected chi connectivity index (χ2v) is 6.61. The topological polar surface area (TPSA) is 39.3 Å². The second-order valence-electron chi connectivity index (χ2n) is 6.61. The number of likely N-dealkylation sites (tertiary alicyclic amines) is 1. The number of benzene rings is 1. The second kappa shape index (κ2) is 6.20. The Hall–Kier alpha value is -2.07. The molecule has 0 radical (unpaired) electrons. The monoisotopic (exact) mass is 309 g/mol. The van der Waals surface area contributed by atoms with Crippen molar-refractivity contribution in [1.29, 1.82) is 0 Å². The van der Waals surface area contributed by atoms with Crippen LogP contribution in [0.3, 0.4) is 0 Å². The molecule has 0 spiro atoms. The van der Waals surface area contributed by atoms with Crippen molar-refractivity contribution in [3.8, 4) is 0 Å². The molecule has 0 unspecified atom stereocenters. The summed E-state index contributed by atoms with van der Waals surface area (Å²) in [4.78, 5) is 20.0. The maximum Gasteiger partial charge on any atom is 0.255 e. The molecule has 0 atom stereocenters. The van der Waals surface area contributed by atoms with E-state index < -0.39 is 0 Å². The fourth-order valence-corrected chi connectivity index (χ4v) is 3.90. The molecule has 2 aromatic rings. The van der Waals surface area contributed by atoms with E-state index in [1.165, 1.54) is 11.1 Å². The average Bonchev–Trinajstić information content (AvgIpc) is 3.15. The number of piperidine rings is 1. The normalized spacial score (nSPS) is 19.6. The van der Waals surface area contributed by atoms with Crippen LogP contribution >= 0.6 is 0 Å². The molecule has 23 heavy (non-hydrogen) atoms. The van der Waals surface area contributed by atoms with Crippen LogP contribution in [0.2, 0.25) is 0 Å². The van der Waals surface area contributed by atoms with Gasteiger partial charge >= 0.3 is 0 Å². The molecular weight excluding hydrogens is 286 g/mol. The minimum atomic E-state index is 0.161. The standard InChI is InChI=1S/C19H23N3O/c23-19(16-5-9-20-13-16)21-11-7-18(8-12-21)22-10-6-15-3-1-2-4-17(15)14-22/h1-5,9,13,18,20H,6-8,10-12,14H2. The first-order valence-corrected chi connectivity index (χ1v) is 8.54. The van der Waals surface area contributed by atoms with Gasteiger partial charge in [0.05, 0.1) is 5.56 Å². The molecule has 0 bridgehead atoms. The lowest BCUT2D eigenvalue weighted by molar-refractivity contribution is 0.0599. The van der Waals surface area contributed by atoms with Gasteiger partial charge in [-0.2, -0.15) is 0 Å². The third-order valence-electron chi connectivity index (χ3n) is 5.27. The molecule has 1 aromatic heterocycles. The van der Waals surface area contributed by atoms with E-state index in [0.717, 1.165) is 51.0 Å². The molecule has 2 aliphatic heterocycles. The highest BCUT2D eigenvalue weighted by Gasteiger charge is 2.29. The zero-order valence-electron chi connectivity index (χ0n) is 13.4. The molecule has 1 saturated heterocycles. The number of aromatic amines is 1. The average molecular weight is 309 g/mol. The maximum atomic E-state index is 12.4. The number of H-pyrrole nitrogens is 1. The maximum absolute atomic E-state index is 12.4. The van der Waals surface area contributed by atoms with E-state index in [4.69, 9.17) is 0 Å². The molecule has 4 heteroatoms. The Balaban J connectivity index is 1.36. The molecule has 3 heterocycles. The van der Waals surface area contributed by atoms with E-state index in [-0.39, 0.29) is 5.91 Å². The molecule has 1 aromatic carbocycles. The first-order chi connectivity index (χ1) is 11.3. The van der Waals surface area contributed by atoms with Crippen molar-refractivity contribution in [2.24, 2.45) is 0 Å². The minimum absolute atomic E-state index is 0.161. The fourth-order valence-electron chi connectivity index (χ4n) is 3.90. The summed E-state index contributed by atoms with van der Waals surface area (Å²) < 4.78 is 0. The van der Waals surface area contributed by atoms with Crippen LogP contribution in [0.25, 0.3) is 0 Å². The largest absolute Gasteiger partial charge is 0.367 e. The van der Waals surface area contributed by atoms with Gasteiger partial charge in [0.1, 0.15) is 0 Å². The first kappa shape index (κ1) is 14.5. The van der Waals surface area contributed by atoms with Gasteiger partial charge in [-0.1, -0.05) is 24.3 Å². The lowest BCUT2D eigenvalue weighted by Gasteiger charge is -2.40. The van der Waals surface area contributed by atoms with Gasteiger partial charge in [0, 0.05) is 44.6 Å². The number of fused-ring (bicyclic) bond motifs is 1. The Bertz CT molecular complexity index is 672. The van der Waals surface area contributed by atoms with Crippen molar-refractivity contribution in [1.82, 2.24) is 14.8 Å². The zero-order valence-corrected chi connectivity index (χ0v) is 13.4. The third-order valence-corrected chi connectivity index (χ3v) is 5.27. The summed E-state index contributed by atoms with van der Waals surface area (Å²) in [5.41, 5.74) is 3.75. The summed E-state index contributed by atoms with van der Waals surface area (Å²) >= 11 is 0. The lowest BCUT2D eigenvalue weighted by Crippen LogP contribution is -2.48. The summed E-state index contributed by atoms with van der Waals surface area (Å²) in [6.07, 6.45) is 6.91. The van der Waals surface area contributed by atoms with E-state index in [2.05, 4.69) is 34.1 Å². The molecule has 0 saturated carbocycles. The zero-order chi connectivity index (χ0) is 15.6. The van der Waals surface area contributed by atoms with E-state index in [1.54, 1.807) is 6.20 Å². The Morgan fingerprint density at radius 2 is 1.83 bits per heavy atom. The molecule has 2 aliphatic rings. The van der Waals surface area contributed by atoms with Crippen LogP contribution in [0.4, 0.5) is 0 Å². The molecule has 1 N–H and O–H groups in total. The van der Waals surface area contributed by atoms with E-state index in [9.17, 15) is 4.79 Å². The summed E-state index contributed by atoms with van der Waals surface area (Å²) in [5, 5.41) is 0. The van der Waals surface area contributed by atoms with E-state index >= 15 is 0 Å². The van der Waals surface area contributed by atoms with Crippen molar-refractivity contribution in [2.75, 3.05) is 19.6 Å². The van der Waals surface area contributed by atoms with Crippen LogP contribution in [0.1, 0.15) is 34.3 Å². The van der Waals surface area contributed by atoms with Crippen LogP contribution in [0.5, 0.6) is 0 Å². The highest BCUT2D eigenvalue weighted by atomic mass is 16.2. The van der Waals surface area contributed by atoms with E-state index in [1.807, 2.05) is 17.2 Å². The number of nitrogens with one attached hydrogen (secondary N) is 1. The summed E-state index contributed by atoms with van der Waals surface area (Å²) in [7, 11) is 0. The van der Waals surface area contributed by atoms with Gasteiger partial charge in [-0.25, -0.2) is 0 Å². The SMILES string of the molecule is O=C(c1cc[nH]c1)N1CCC(N2CCc3ccccc3C2)CC1. The van der Waals surface area contributed by atoms with Gasteiger partial charge in [0.2, 0.25) is 0 Å². The fraction of sp³-hybridized carbons (Fsp3) is 0.421. The van der Waals surface area contributed by atoms with Crippen molar-refractivity contribution in [2.45, 2.75) is 31.8 Å². The Kier molecular flexibility index (Phi) is 3.92. The molecule has 4 nitrogen and oxygen atoms in total. The number of nitrogens with zero attached hydrogens (tertiary/aromatic N) is 2. The van der Waals surface area contributed by atoms with Gasteiger partial charge in [0.15, 0.2) is 0 Å². The third kappa shape index (κ3) is 2.91. The Labute approximate surface area is 137 Å². The predicted molar refractivity (Wildman–Crippen MR) is 90.3 cm³/mol. The highest BCUT2D eigenvalue weighted by molar-refractivity contribution is 5.94. The van der Waals surface area contributed by atoms with Crippen molar-refractivity contribution < 1.29 is 4.79 Å². The van der Waals surface area contributed by atoms with Crippen LogP contribution in [-0.2, 0) is 13.0 Å². The summed E-state index contributed by atoms with van der Waals surface area (Å²) in [5.74, 6) is 0.161. The number of aromatic nitrogens is 1. The quantitative estimate of drug-likeness (QED) is 0.926. The highest BCUT2D eigenvalue weighted by Crippen LogP contribution is 2.25. The minimum Gasteiger partial charge on any atom is -0.367 e. The number of hydrogen-bond acceptors (Lipinski definition) is 2. The number of amides is 1. The van der Waals surface area contributed by atoms with E-state index in [0.29, 0.717) is 6.04 Å². The predicted octanol–water partition coefficient (Wildman–Crippen LogP) is 2.68. The molecule has 4 rings (SSSR count). The number of rotatable bonds is 2. The smallest absolute Gasteiger partial charge is 0.255 e. The summed E-state index contributed by atoms with van der Waals surface area (Å²) in [6.45, 7) is 3.94. The van der Waals surface area contributed by atoms with Gasteiger partial charge < -0.3 is 9.88 Å². The van der Waals surface area contributed by atoms with Crippen LogP contribution < -0.4 is 0 Å². The Morgan fingerprint density at radius 3 is 2.57 bits per heavy atom. The van der Waals surface area contributed by atoms with Gasteiger partial charge in [-0.3, -0.25) is 9.69 Å². The van der Waals surface area contributed by atoms with Crippen molar-refractivity contribution in [3.63, 3.8) is 0 Å². The lowest BCUT2D eigenvalue weighted by atomic mass is 9.95. The van der Waals surface area contributed by atoms with Crippen molar-refractivity contribution >= 4 is 5.91 Å². The molecule has 120 valence electrons. The van der Waals surface area contributed by atoms with Gasteiger partial charge in [0.25, 0.3) is 5.91 Å². The number of carbonyl (C=O) groups is 1. The van der Waals surface area contributed by atoms with Gasteiger partial charge in [-0.15, -0.1) is 0 Å². The molecule has 0 aliphatic carbocycles. The van der Waals surface area contributed by atoms with Crippen LogP contribution in [0.15, 0.2) is 42.7 Å². The molecular formula is C19H23N3O. The first-order valence-electron chi connectivity index (χ1n) is 8.54. The van der Waals surface area contributed by atoms with Crippen LogP contribution in [0, 0.1) is 0 Å². The summed E-state index contributed by atoms with van der Waals surface area (Å²) in [6, 6.07) is 11.3. The van der Waals surface area contributed by atoms with Gasteiger partial charge in [-0.05, 0) is 36.5 Å². The Morgan fingerprint density at radius 1 is 1.04 bits per heavy atom. The number of hydrogen-bond donors (Lipinski definition) is 1. The van der Waals surface area contributed by atoms with Crippen LogP contribution in [-0.4, -0.2) is 46.4 Å². The molecule has 1 fully saturated rings.